The van der Waals surface area contributed by atoms with Gasteiger partial charge in [-0.3, -0.25) is 9.59 Å². The second-order valence-corrected chi connectivity index (χ2v) is 9.87. The van der Waals surface area contributed by atoms with Gasteiger partial charge in [-0.1, -0.05) is 13.8 Å². The zero-order chi connectivity index (χ0) is 18.7. The summed E-state index contributed by atoms with van der Waals surface area (Å²) in [5.41, 5.74) is 5.75. The first-order valence-corrected chi connectivity index (χ1v) is 10.4. The van der Waals surface area contributed by atoms with Crippen LogP contribution < -0.4 is 5.73 Å². The van der Waals surface area contributed by atoms with Crippen LogP contribution in [0.1, 0.15) is 65.2 Å². The van der Waals surface area contributed by atoms with E-state index in [-0.39, 0.29) is 29.4 Å². The first-order valence-electron chi connectivity index (χ1n) is 10.4. The Balaban J connectivity index is 1.55. The van der Waals surface area contributed by atoms with E-state index in [9.17, 15) is 9.59 Å². The van der Waals surface area contributed by atoms with E-state index < -0.39 is 0 Å². The number of amides is 2. The van der Waals surface area contributed by atoms with Crippen LogP contribution in [0.3, 0.4) is 0 Å². The highest BCUT2D eigenvalue weighted by molar-refractivity contribution is 5.77. The Kier molecular flexibility index (Phi) is 4.37. The van der Waals surface area contributed by atoms with Crippen LogP contribution in [0.2, 0.25) is 0 Å². The van der Waals surface area contributed by atoms with E-state index in [0.29, 0.717) is 30.2 Å². The minimum atomic E-state index is -0.367. The number of carbonyl (C=O) groups excluding carboxylic acids is 2. The summed E-state index contributed by atoms with van der Waals surface area (Å²) in [4.78, 5) is 25.5. The number of rotatable bonds is 3. The maximum absolute atomic E-state index is 12.2. The molecule has 1 heterocycles. The molecule has 0 bridgehead atoms. The number of carbonyl (C=O) groups is 2. The molecule has 0 radical (unpaired) electrons. The third-order valence-electron chi connectivity index (χ3n) is 8.90. The van der Waals surface area contributed by atoms with Crippen LogP contribution in [0.4, 0.5) is 0 Å². The van der Waals surface area contributed by atoms with Crippen molar-refractivity contribution in [3.63, 3.8) is 0 Å². The van der Waals surface area contributed by atoms with Gasteiger partial charge in [0.15, 0.2) is 0 Å². The molecule has 4 fully saturated rings. The van der Waals surface area contributed by atoms with E-state index in [0.717, 1.165) is 25.2 Å². The summed E-state index contributed by atoms with van der Waals surface area (Å²) in [7, 11) is 2.01. The van der Waals surface area contributed by atoms with Gasteiger partial charge in [-0.05, 0) is 73.5 Å². The van der Waals surface area contributed by atoms with Gasteiger partial charge < -0.3 is 15.4 Å². The molecule has 4 rings (SSSR count). The van der Waals surface area contributed by atoms with Crippen LogP contribution in [0.25, 0.3) is 0 Å². The summed E-state index contributed by atoms with van der Waals surface area (Å²) in [6.45, 7) is 4.89. The molecule has 146 valence electrons. The van der Waals surface area contributed by atoms with Gasteiger partial charge in [0.25, 0.3) is 0 Å². The predicted molar refractivity (Wildman–Crippen MR) is 99.1 cm³/mol. The topological polar surface area (TPSA) is 72.6 Å². The Morgan fingerprint density at radius 1 is 1.12 bits per heavy atom. The van der Waals surface area contributed by atoms with Crippen molar-refractivity contribution in [2.45, 2.75) is 77.4 Å². The largest absolute Gasteiger partial charge is 0.368 e. The minimum Gasteiger partial charge on any atom is -0.368 e. The van der Waals surface area contributed by atoms with Gasteiger partial charge in [0.05, 0.1) is 6.10 Å². The van der Waals surface area contributed by atoms with E-state index in [1.54, 1.807) is 0 Å². The quantitative estimate of drug-likeness (QED) is 0.839. The summed E-state index contributed by atoms with van der Waals surface area (Å²) < 4.78 is 5.95. The molecule has 5 nitrogen and oxygen atoms in total. The number of nitrogens with zero attached hydrogens (tertiary/aromatic N) is 1. The number of hydrogen-bond acceptors (Lipinski definition) is 3. The Bertz CT molecular complexity index is 608. The maximum atomic E-state index is 12.2. The molecule has 2 amide bonds. The van der Waals surface area contributed by atoms with E-state index in [4.69, 9.17) is 10.5 Å². The molecular weight excluding hydrogens is 328 g/mol. The second kappa shape index (κ2) is 6.22. The number of primary amides is 1. The van der Waals surface area contributed by atoms with Gasteiger partial charge in [0.1, 0.15) is 6.61 Å². The van der Waals surface area contributed by atoms with Crippen molar-refractivity contribution in [1.29, 1.82) is 0 Å². The van der Waals surface area contributed by atoms with Crippen LogP contribution in [0.5, 0.6) is 0 Å². The molecule has 26 heavy (non-hydrogen) atoms. The van der Waals surface area contributed by atoms with Crippen molar-refractivity contribution in [2.24, 2.45) is 34.3 Å². The molecular formula is C21H34N2O3. The van der Waals surface area contributed by atoms with Gasteiger partial charge in [0, 0.05) is 19.5 Å². The lowest BCUT2D eigenvalue weighted by atomic mass is 9.47. The fourth-order valence-corrected chi connectivity index (χ4v) is 7.56. The van der Waals surface area contributed by atoms with Crippen molar-refractivity contribution in [2.75, 3.05) is 13.7 Å². The van der Waals surface area contributed by atoms with Crippen LogP contribution in [0.15, 0.2) is 0 Å². The number of ether oxygens (including phenoxy) is 1. The van der Waals surface area contributed by atoms with Crippen LogP contribution in [0, 0.1) is 28.6 Å². The minimum absolute atomic E-state index is 0.0494. The molecule has 5 heteroatoms. The van der Waals surface area contributed by atoms with Crippen LogP contribution in [-0.4, -0.2) is 42.5 Å². The van der Waals surface area contributed by atoms with Crippen molar-refractivity contribution in [3.8, 4) is 0 Å². The van der Waals surface area contributed by atoms with Gasteiger partial charge in [-0.2, -0.15) is 0 Å². The molecule has 1 saturated heterocycles. The Labute approximate surface area is 157 Å². The molecule has 4 aliphatic rings. The number of nitrogens with two attached hydrogens (primary N) is 1. The SMILES string of the molecule is CN1C(=O)CC[C@]2(C)C3CC[C@]4(C)C(OCC(N)=O)CCC4C3CCC12. The second-order valence-electron chi connectivity index (χ2n) is 9.87. The first kappa shape index (κ1) is 18.3. The summed E-state index contributed by atoms with van der Waals surface area (Å²) in [5, 5.41) is 0. The molecule has 3 aliphatic carbocycles. The van der Waals surface area contributed by atoms with E-state index in [2.05, 4.69) is 18.7 Å². The lowest BCUT2D eigenvalue weighted by molar-refractivity contribution is -0.162. The molecule has 5 unspecified atom stereocenters. The van der Waals surface area contributed by atoms with Gasteiger partial charge in [0.2, 0.25) is 11.8 Å². The van der Waals surface area contributed by atoms with E-state index in [1.165, 1.54) is 25.7 Å². The Morgan fingerprint density at radius 2 is 1.85 bits per heavy atom. The van der Waals surface area contributed by atoms with E-state index in [1.807, 2.05) is 7.05 Å². The summed E-state index contributed by atoms with van der Waals surface area (Å²) in [6.07, 6.45) is 8.94. The normalized spacial score (nSPS) is 47.9. The third-order valence-corrected chi connectivity index (χ3v) is 8.90. The van der Waals surface area contributed by atoms with Crippen molar-refractivity contribution < 1.29 is 14.3 Å². The Morgan fingerprint density at radius 3 is 2.58 bits per heavy atom. The standard InChI is InChI=1S/C21H34N2O3/c1-20-11-9-19(25)23(3)16(20)6-4-13-14-5-7-17(26-12-18(22)24)21(14,2)10-8-15(13)20/h13-17H,4-12H2,1-3H3,(H2,22,24)/t13?,14?,15?,16?,17?,20-,21+/m1/s1. The molecule has 0 spiro atoms. The summed E-state index contributed by atoms with van der Waals surface area (Å²) >= 11 is 0. The van der Waals surface area contributed by atoms with Gasteiger partial charge in [-0.25, -0.2) is 0 Å². The fraction of sp³-hybridized carbons (Fsp3) is 0.905. The number of hydrogen-bond donors (Lipinski definition) is 1. The molecule has 0 aromatic heterocycles. The van der Waals surface area contributed by atoms with Gasteiger partial charge in [-0.15, -0.1) is 0 Å². The zero-order valence-electron chi connectivity index (χ0n) is 16.5. The molecule has 1 aliphatic heterocycles. The summed E-state index contributed by atoms with van der Waals surface area (Å²) in [6, 6.07) is 0.415. The smallest absolute Gasteiger partial charge is 0.243 e. The van der Waals surface area contributed by atoms with Gasteiger partial charge >= 0.3 is 0 Å². The number of piperidine rings is 1. The molecule has 3 saturated carbocycles. The maximum Gasteiger partial charge on any atom is 0.243 e. The molecule has 2 N–H and O–H groups in total. The van der Waals surface area contributed by atoms with Crippen molar-refractivity contribution >= 4 is 11.8 Å². The van der Waals surface area contributed by atoms with Crippen LogP contribution >= 0.6 is 0 Å². The van der Waals surface area contributed by atoms with Crippen LogP contribution in [-0.2, 0) is 14.3 Å². The third kappa shape index (κ3) is 2.53. The highest BCUT2D eigenvalue weighted by Crippen LogP contribution is 2.65. The Hall–Kier alpha value is -1.10. The highest BCUT2D eigenvalue weighted by Gasteiger charge is 2.61. The summed E-state index contributed by atoms with van der Waals surface area (Å²) in [5.74, 6) is 2.09. The lowest BCUT2D eigenvalue weighted by Gasteiger charge is -2.61. The number of fused-ring (bicyclic) bond motifs is 5. The van der Waals surface area contributed by atoms with Crippen molar-refractivity contribution in [1.82, 2.24) is 4.90 Å². The fourth-order valence-electron chi connectivity index (χ4n) is 7.56. The lowest BCUT2D eigenvalue weighted by Crippen LogP contribution is -2.61. The molecule has 0 aromatic rings. The predicted octanol–water partition coefficient (Wildman–Crippen LogP) is 2.72. The molecule has 7 atom stereocenters. The van der Waals surface area contributed by atoms with Crippen molar-refractivity contribution in [3.05, 3.63) is 0 Å². The highest BCUT2D eigenvalue weighted by atomic mass is 16.5. The molecule has 0 aromatic carbocycles. The monoisotopic (exact) mass is 362 g/mol. The zero-order valence-corrected chi connectivity index (χ0v) is 16.5. The first-order chi connectivity index (χ1) is 12.3. The number of likely N-dealkylation sites (tertiary alicyclic amines) is 1. The van der Waals surface area contributed by atoms with E-state index >= 15 is 0 Å². The average molecular weight is 363 g/mol. The average Bonchev–Trinajstić information content (AvgIpc) is 2.93.